The van der Waals surface area contributed by atoms with E-state index in [9.17, 15) is 0 Å². The molecule has 278 valence electrons. The Labute approximate surface area is 346 Å². The predicted molar refractivity (Wildman–Crippen MR) is 251 cm³/mol. The van der Waals surface area contributed by atoms with Crippen LogP contribution in [0.2, 0.25) is 0 Å². The number of hydrogen-bond acceptors (Lipinski definition) is 1. The number of anilines is 3. The Hall–Kier alpha value is -7.74. The fraction of sp³-hybridized carbons (Fsp3) is 0. The van der Waals surface area contributed by atoms with Gasteiger partial charge in [0.05, 0.1) is 0 Å². The molecule has 0 saturated heterocycles. The summed E-state index contributed by atoms with van der Waals surface area (Å²) in [6, 6.07) is 89.7. The van der Waals surface area contributed by atoms with Crippen LogP contribution in [0.15, 0.2) is 249 Å². The van der Waals surface area contributed by atoms with Crippen LogP contribution in [0.4, 0.5) is 17.1 Å². The highest BCUT2D eigenvalue weighted by Crippen LogP contribution is 2.42. The number of rotatable bonds is 9. The minimum Gasteiger partial charge on any atom is -0.311 e. The number of benzene rings is 10. The lowest BCUT2D eigenvalue weighted by atomic mass is 9.90. The highest BCUT2D eigenvalue weighted by Gasteiger charge is 2.17. The predicted octanol–water partition coefficient (Wildman–Crippen LogP) is 16.3. The molecule has 0 atom stereocenters. The summed E-state index contributed by atoms with van der Waals surface area (Å²) in [5.41, 5.74) is 17.8. The molecule has 10 aromatic rings. The highest BCUT2D eigenvalue weighted by molar-refractivity contribution is 6.04. The summed E-state index contributed by atoms with van der Waals surface area (Å²) in [6.07, 6.45) is 0. The molecule has 0 bridgehead atoms. The molecule has 0 amide bonds. The van der Waals surface area contributed by atoms with E-state index in [2.05, 4.69) is 254 Å². The molecule has 0 aromatic heterocycles. The first-order valence-electron chi connectivity index (χ1n) is 20.3. The van der Waals surface area contributed by atoms with E-state index in [1.165, 1.54) is 77.5 Å². The lowest BCUT2D eigenvalue weighted by Gasteiger charge is -2.26. The van der Waals surface area contributed by atoms with Crippen molar-refractivity contribution in [2.24, 2.45) is 0 Å². The largest absolute Gasteiger partial charge is 0.311 e. The van der Waals surface area contributed by atoms with Crippen molar-refractivity contribution in [2.45, 2.75) is 0 Å². The molecule has 0 spiro atoms. The second-order valence-electron chi connectivity index (χ2n) is 14.9. The van der Waals surface area contributed by atoms with Gasteiger partial charge in [-0.15, -0.1) is 0 Å². The topological polar surface area (TPSA) is 3.24 Å². The molecule has 10 rings (SSSR count). The lowest BCUT2D eigenvalue weighted by molar-refractivity contribution is 1.28. The molecule has 0 radical (unpaired) electrons. The minimum absolute atomic E-state index is 1.09. The van der Waals surface area contributed by atoms with Crippen molar-refractivity contribution < 1.29 is 0 Å². The van der Waals surface area contributed by atoms with Gasteiger partial charge in [-0.05, 0) is 120 Å². The zero-order valence-corrected chi connectivity index (χ0v) is 32.6. The van der Waals surface area contributed by atoms with Gasteiger partial charge < -0.3 is 4.90 Å². The van der Waals surface area contributed by atoms with Crippen molar-refractivity contribution in [3.8, 4) is 66.8 Å². The summed E-state index contributed by atoms with van der Waals surface area (Å²) in [7, 11) is 0. The van der Waals surface area contributed by atoms with Gasteiger partial charge in [0.1, 0.15) is 0 Å². The van der Waals surface area contributed by atoms with Gasteiger partial charge in [-0.25, -0.2) is 0 Å². The summed E-state index contributed by atoms with van der Waals surface area (Å²) < 4.78 is 0. The molecule has 0 N–H and O–H groups in total. The Morgan fingerprint density at radius 2 is 0.593 bits per heavy atom. The Morgan fingerprint density at radius 1 is 0.220 bits per heavy atom. The molecule has 0 aliphatic rings. The van der Waals surface area contributed by atoms with E-state index in [1.54, 1.807) is 0 Å². The van der Waals surface area contributed by atoms with Gasteiger partial charge in [-0.2, -0.15) is 0 Å². The smallest absolute Gasteiger partial charge is 0.0462 e. The van der Waals surface area contributed by atoms with E-state index < -0.39 is 0 Å². The van der Waals surface area contributed by atoms with E-state index in [1.807, 2.05) is 0 Å². The monoisotopic (exact) mass is 751 g/mol. The molecule has 0 fully saturated rings. The summed E-state index contributed by atoms with van der Waals surface area (Å²) in [5, 5.41) is 2.50. The quantitative estimate of drug-likeness (QED) is 0.142. The van der Waals surface area contributed by atoms with Crippen molar-refractivity contribution in [2.75, 3.05) is 4.90 Å². The Balaban J connectivity index is 1.04. The van der Waals surface area contributed by atoms with Crippen molar-refractivity contribution >= 4 is 27.8 Å². The standard InChI is InChI=1S/C58H41N/c1-5-15-42(16-6-1)43-25-33-51(34-26-43)59(53-37-29-48(30-38-53)56-40-31-47-21-13-14-24-55(47)58(56)49-22-11-4-12-23-49)52-35-27-44(28-36-52)50-32-39-54(45-17-7-2-8-18-45)57(41-50)46-19-9-3-10-20-46/h1-41H. The van der Waals surface area contributed by atoms with Crippen LogP contribution >= 0.6 is 0 Å². The average Bonchev–Trinajstić information content (AvgIpc) is 3.33. The molecule has 0 aliphatic carbocycles. The molecule has 1 nitrogen and oxygen atoms in total. The maximum Gasteiger partial charge on any atom is 0.0462 e. The fourth-order valence-corrected chi connectivity index (χ4v) is 8.35. The van der Waals surface area contributed by atoms with Gasteiger partial charge in [0.2, 0.25) is 0 Å². The minimum atomic E-state index is 1.09. The Bertz CT molecular complexity index is 2970. The maximum absolute atomic E-state index is 2.36. The van der Waals surface area contributed by atoms with Crippen molar-refractivity contribution in [1.29, 1.82) is 0 Å². The summed E-state index contributed by atoms with van der Waals surface area (Å²) >= 11 is 0. The summed E-state index contributed by atoms with van der Waals surface area (Å²) in [5.74, 6) is 0. The van der Waals surface area contributed by atoms with Gasteiger partial charge in [0.15, 0.2) is 0 Å². The zero-order valence-electron chi connectivity index (χ0n) is 32.6. The Morgan fingerprint density at radius 3 is 1.15 bits per heavy atom. The van der Waals surface area contributed by atoms with Gasteiger partial charge >= 0.3 is 0 Å². The van der Waals surface area contributed by atoms with Gasteiger partial charge in [-0.3, -0.25) is 0 Å². The van der Waals surface area contributed by atoms with Gasteiger partial charge in [0, 0.05) is 17.1 Å². The third kappa shape index (κ3) is 7.23. The Kier molecular flexibility index (Phi) is 9.68. The van der Waals surface area contributed by atoms with Crippen LogP contribution in [0.5, 0.6) is 0 Å². The lowest BCUT2D eigenvalue weighted by Crippen LogP contribution is -2.09. The third-order valence-corrected chi connectivity index (χ3v) is 11.3. The van der Waals surface area contributed by atoms with E-state index in [0.29, 0.717) is 0 Å². The molecule has 10 aromatic carbocycles. The normalized spacial score (nSPS) is 11.1. The number of hydrogen-bond donors (Lipinski definition) is 0. The first kappa shape index (κ1) is 35.7. The van der Waals surface area contributed by atoms with Crippen LogP contribution in [0.25, 0.3) is 77.5 Å². The molecule has 59 heavy (non-hydrogen) atoms. The van der Waals surface area contributed by atoms with Gasteiger partial charge in [0.25, 0.3) is 0 Å². The van der Waals surface area contributed by atoms with Crippen molar-refractivity contribution in [1.82, 2.24) is 0 Å². The van der Waals surface area contributed by atoms with Gasteiger partial charge in [-0.1, -0.05) is 206 Å². The number of nitrogens with zero attached hydrogens (tertiary/aromatic N) is 1. The average molecular weight is 752 g/mol. The molecule has 1 heteroatoms. The van der Waals surface area contributed by atoms with E-state index in [4.69, 9.17) is 0 Å². The molecular weight excluding hydrogens is 711 g/mol. The molecule has 0 unspecified atom stereocenters. The highest BCUT2D eigenvalue weighted by atomic mass is 15.1. The van der Waals surface area contributed by atoms with Crippen molar-refractivity contribution in [3.63, 3.8) is 0 Å². The van der Waals surface area contributed by atoms with Crippen LogP contribution in [-0.2, 0) is 0 Å². The first-order valence-corrected chi connectivity index (χ1v) is 20.3. The van der Waals surface area contributed by atoms with E-state index in [-0.39, 0.29) is 0 Å². The van der Waals surface area contributed by atoms with Crippen LogP contribution in [0, 0.1) is 0 Å². The number of fused-ring (bicyclic) bond motifs is 1. The third-order valence-electron chi connectivity index (χ3n) is 11.3. The van der Waals surface area contributed by atoms with E-state index in [0.717, 1.165) is 17.1 Å². The second kappa shape index (κ2) is 16.0. The van der Waals surface area contributed by atoms with E-state index >= 15 is 0 Å². The molecule has 0 heterocycles. The SMILES string of the molecule is c1ccc(-c2ccc(N(c3ccc(-c4ccc(-c5ccccc5)c(-c5ccccc5)c4)cc3)c3ccc(-c4ccc5ccccc5c4-c4ccccc4)cc3)cc2)cc1. The van der Waals surface area contributed by atoms with Crippen LogP contribution in [0.1, 0.15) is 0 Å². The maximum atomic E-state index is 2.36. The van der Waals surface area contributed by atoms with Crippen molar-refractivity contribution in [3.05, 3.63) is 249 Å². The summed E-state index contributed by atoms with van der Waals surface area (Å²) in [6.45, 7) is 0. The summed E-state index contributed by atoms with van der Waals surface area (Å²) in [4.78, 5) is 2.36. The molecular formula is C58H41N. The first-order chi connectivity index (χ1) is 29.3. The molecule has 0 saturated carbocycles. The fourth-order valence-electron chi connectivity index (χ4n) is 8.35. The molecule has 0 aliphatic heterocycles. The zero-order chi connectivity index (χ0) is 39.4. The van der Waals surface area contributed by atoms with Crippen LogP contribution in [-0.4, -0.2) is 0 Å². The van der Waals surface area contributed by atoms with Crippen LogP contribution in [0.3, 0.4) is 0 Å². The second-order valence-corrected chi connectivity index (χ2v) is 14.9. The van der Waals surface area contributed by atoms with Crippen LogP contribution < -0.4 is 4.90 Å².